The van der Waals surface area contributed by atoms with Gasteiger partial charge in [0, 0.05) is 24.5 Å². The number of hydrogen-bond acceptors (Lipinski definition) is 3. The third-order valence-corrected chi connectivity index (χ3v) is 5.03. The molecule has 4 heteroatoms. The minimum atomic E-state index is -0.198. The van der Waals surface area contributed by atoms with Gasteiger partial charge in [0.25, 0.3) is 0 Å². The molecule has 0 saturated heterocycles. The van der Waals surface area contributed by atoms with Crippen LogP contribution in [0.5, 0.6) is 0 Å². The Morgan fingerprint density at radius 2 is 1.85 bits per heavy atom. The lowest BCUT2D eigenvalue weighted by Gasteiger charge is -2.29. The zero-order valence-corrected chi connectivity index (χ0v) is 15.8. The average molecular weight is 370 g/mol. The Hall–Kier alpha value is -2.10. The van der Waals surface area contributed by atoms with Crippen molar-refractivity contribution < 1.29 is 9.53 Å². The van der Waals surface area contributed by atoms with Crippen LogP contribution in [0.4, 0.5) is 0 Å². The molecule has 2 aromatic rings. The number of hydrogen-bond donors (Lipinski definition) is 0. The molecule has 136 valence electrons. The molecule has 1 aliphatic heterocycles. The molecule has 0 aliphatic carbocycles. The SMILES string of the molecule is CCN1CCC(c2ccccc2)=C(C(=O)OCCc2ccc(Cl)cc2)C1. The van der Waals surface area contributed by atoms with Crippen LogP contribution in [0.25, 0.3) is 5.57 Å². The number of ether oxygens (including phenoxy) is 1. The van der Waals surface area contributed by atoms with E-state index in [9.17, 15) is 4.79 Å². The maximum absolute atomic E-state index is 12.8. The number of carbonyl (C=O) groups excluding carboxylic acids is 1. The zero-order valence-electron chi connectivity index (χ0n) is 15.1. The van der Waals surface area contributed by atoms with Crippen LogP contribution in [0.3, 0.4) is 0 Å². The van der Waals surface area contributed by atoms with E-state index in [1.165, 1.54) is 0 Å². The number of benzene rings is 2. The molecule has 0 atom stereocenters. The molecule has 0 amide bonds. The van der Waals surface area contributed by atoms with Gasteiger partial charge in [0.15, 0.2) is 0 Å². The second-order valence-electron chi connectivity index (χ2n) is 6.45. The summed E-state index contributed by atoms with van der Waals surface area (Å²) in [5.41, 5.74) is 4.14. The van der Waals surface area contributed by atoms with Crippen molar-refractivity contribution in [3.63, 3.8) is 0 Å². The van der Waals surface area contributed by atoms with E-state index in [2.05, 4.69) is 24.0 Å². The van der Waals surface area contributed by atoms with E-state index >= 15 is 0 Å². The number of likely N-dealkylation sites (N-methyl/N-ethyl adjacent to an activating group) is 1. The normalized spacial score (nSPS) is 15.2. The van der Waals surface area contributed by atoms with Crippen molar-refractivity contribution in [2.45, 2.75) is 19.8 Å². The van der Waals surface area contributed by atoms with Gasteiger partial charge in [-0.05, 0) is 41.8 Å². The Labute approximate surface area is 160 Å². The number of esters is 1. The van der Waals surface area contributed by atoms with Crippen LogP contribution >= 0.6 is 11.6 Å². The van der Waals surface area contributed by atoms with Crippen LogP contribution in [0.1, 0.15) is 24.5 Å². The summed E-state index contributed by atoms with van der Waals surface area (Å²) in [4.78, 5) is 15.0. The van der Waals surface area contributed by atoms with E-state index in [1.807, 2.05) is 42.5 Å². The summed E-state index contributed by atoms with van der Waals surface area (Å²) in [6.07, 6.45) is 1.56. The Kier molecular flexibility index (Phi) is 6.48. The van der Waals surface area contributed by atoms with Gasteiger partial charge in [-0.3, -0.25) is 4.90 Å². The summed E-state index contributed by atoms with van der Waals surface area (Å²) in [5.74, 6) is -0.198. The van der Waals surface area contributed by atoms with Crippen molar-refractivity contribution >= 4 is 23.1 Å². The summed E-state index contributed by atoms with van der Waals surface area (Å²) >= 11 is 5.90. The molecule has 26 heavy (non-hydrogen) atoms. The number of halogens is 1. The highest BCUT2D eigenvalue weighted by Gasteiger charge is 2.25. The lowest BCUT2D eigenvalue weighted by atomic mass is 9.93. The molecule has 2 aromatic carbocycles. The van der Waals surface area contributed by atoms with E-state index in [4.69, 9.17) is 16.3 Å². The fourth-order valence-electron chi connectivity index (χ4n) is 3.23. The largest absolute Gasteiger partial charge is 0.462 e. The second-order valence-corrected chi connectivity index (χ2v) is 6.89. The van der Waals surface area contributed by atoms with Gasteiger partial charge in [0.05, 0.1) is 12.2 Å². The van der Waals surface area contributed by atoms with Crippen LogP contribution in [0.2, 0.25) is 5.02 Å². The molecule has 0 radical (unpaired) electrons. The number of nitrogens with zero attached hydrogens (tertiary/aromatic N) is 1. The molecule has 1 heterocycles. The first kappa shape index (κ1) is 18.7. The quantitative estimate of drug-likeness (QED) is 0.696. The highest BCUT2D eigenvalue weighted by atomic mass is 35.5. The van der Waals surface area contributed by atoms with Gasteiger partial charge >= 0.3 is 5.97 Å². The smallest absolute Gasteiger partial charge is 0.335 e. The third kappa shape index (κ3) is 4.75. The van der Waals surface area contributed by atoms with E-state index in [-0.39, 0.29) is 5.97 Å². The van der Waals surface area contributed by atoms with Crippen molar-refractivity contribution in [1.29, 1.82) is 0 Å². The van der Waals surface area contributed by atoms with Gasteiger partial charge < -0.3 is 4.74 Å². The highest BCUT2D eigenvalue weighted by Crippen LogP contribution is 2.28. The summed E-state index contributed by atoms with van der Waals surface area (Å²) in [7, 11) is 0. The zero-order chi connectivity index (χ0) is 18.4. The second kappa shape index (κ2) is 9.02. The molecule has 0 saturated carbocycles. The van der Waals surface area contributed by atoms with E-state index < -0.39 is 0 Å². The maximum atomic E-state index is 12.8. The summed E-state index contributed by atoms with van der Waals surface area (Å²) in [6, 6.07) is 17.8. The first-order chi connectivity index (χ1) is 12.7. The van der Waals surface area contributed by atoms with Crippen molar-refractivity contribution in [3.8, 4) is 0 Å². The van der Waals surface area contributed by atoms with Crippen LogP contribution < -0.4 is 0 Å². The molecule has 0 spiro atoms. The lowest BCUT2D eigenvalue weighted by Crippen LogP contribution is -2.34. The Morgan fingerprint density at radius 3 is 2.54 bits per heavy atom. The highest BCUT2D eigenvalue weighted by molar-refractivity contribution is 6.30. The Bertz CT molecular complexity index is 768. The average Bonchev–Trinajstić information content (AvgIpc) is 2.69. The van der Waals surface area contributed by atoms with E-state index in [0.717, 1.165) is 41.8 Å². The van der Waals surface area contributed by atoms with Crippen molar-refractivity contribution in [3.05, 3.63) is 76.3 Å². The van der Waals surface area contributed by atoms with Crippen molar-refractivity contribution in [2.24, 2.45) is 0 Å². The minimum Gasteiger partial charge on any atom is -0.462 e. The summed E-state index contributed by atoms with van der Waals surface area (Å²) < 4.78 is 5.60. The van der Waals surface area contributed by atoms with Gasteiger partial charge in [0.2, 0.25) is 0 Å². The fourth-order valence-corrected chi connectivity index (χ4v) is 3.36. The third-order valence-electron chi connectivity index (χ3n) is 4.78. The molecule has 3 rings (SSSR count). The lowest BCUT2D eigenvalue weighted by molar-refractivity contribution is -0.139. The molecular formula is C22H24ClNO2. The van der Waals surface area contributed by atoms with Crippen molar-refractivity contribution in [2.75, 3.05) is 26.2 Å². The number of carbonyl (C=O) groups is 1. The number of rotatable bonds is 6. The van der Waals surface area contributed by atoms with Gasteiger partial charge in [-0.1, -0.05) is 61.0 Å². The molecule has 3 nitrogen and oxygen atoms in total. The van der Waals surface area contributed by atoms with Gasteiger partial charge in [-0.25, -0.2) is 4.79 Å². The molecular weight excluding hydrogens is 346 g/mol. The van der Waals surface area contributed by atoms with Gasteiger partial charge in [-0.2, -0.15) is 0 Å². The topological polar surface area (TPSA) is 29.5 Å². The van der Waals surface area contributed by atoms with E-state index in [0.29, 0.717) is 24.6 Å². The predicted molar refractivity (Wildman–Crippen MR) is 106 cm³/mol. The van der Waals surface area contributed by atoms with Gasteiger partial charge in [-0.15, -0.1) is 0 Å². The van der Waals surface area contributed by atoms with Crippen molar-refractivity contribution in [1.82, 2.24) is 4.90 Å². The molecule has 0 bridgehead atoms. The van der Waals surface area contributed by atoms with Crippen LogP contribution in [0.15, 0.2) is 60.2 Å². The Morgan fingerprint density at radius 1 is 1.12 bits per heavy atom. The summed E-state index contributed by atoms with van der Waals surface area (Å²) in [5, 5.41) is 0.713. The minimum absolute atomic E-state index is 0.198. The first-order valence-corrected chi connectivity index (χ1v) is 9.46. The molecule has 1 aliphatic rings. The van der Waals surface area contributed by atoms with Crippen LogP contribution in [-0.4, -0.2) is 37.1 Å². The first-order valence-electron chi connectivity index (χ1n) is 9.08. The van der Waals surface area contributed by atoms with Gasteiger partial charge in [0.1, 0.15) is 0 Å². The molecule has 0 unspecified atom stereocenters. The standard InChI is InChI=1S/C22H24ClNO2/c1-2-24-14-12-20(18-6-4-3-5-7-18)21(16-24)22(25)26-15-13-17-8-10-19(23)11-9-17/h3-11H,2,12-16H2,1H3. The van der Waals surface area contributed by atoms with E-state index in [1.54, 1.807) is 0 Å². The van der Waals surface area contributed by atoms with Crippen LogP contribution in [0, 0.1) is 0 Å². The molecule has 0 N–H and O–H groups in total. The monoisotopic (exact) mass is 369 g/mol. The summed E-state index contributed by atoms with van der Waals surface area (Å²) in [6.45, 7) is 5.06. The molecule has 0 aromatic heterocycles. The fraction of sp³-hybridized carbons (Fsp3) is 0.318. The van der Waals surface area contributed by atoms with Crippen LogP contribution in [-0.2, 0) is 16.0 Å². The predicted octanol–water partition coefficient (Wildman–Crippen LogP) is 4.61. The maximum Gasteiger partial charge on any atom is 0.335 e. The molecule has 0 fully saturated rings. The Balaban J connectivity index is 1.70.